The molecule has 0 radical (unpaired) electrons. The Kier molecular flexibility index (Phi) is 9.96. The van der Waals surface area contributed by atoms with Gasteiger partial charge in [0.05, 0.1) is 18.4 Å². The van der Waals surface area contributed by atoms with Gasteiger partial charge in [-0.15, -0.1) is 0 Å². The van der Waals surface area contributed by atoms with Crippen LogP contribution in [0.5, 0.6) is 0 Å². The van der Waals surface area contributed by atoms with Crippen LogP contribution in [0.3, 0.4) is 0 Å². The van der Waals surface area contributed by atoms with Crippen molar-refractivity contribution < 1.29 is 29.4 Å². The second-order valence-electron chi connectivity index (χ2n) is 6.20. The third kappa shape index (κ3) is 9.15. The minimum absolute atomic E-state index is 0.239. The van der Waals surface area contributed by atoms with Crippen LogP contribution in [-0.2, 0) is 19.2 Å². The van der Waals surface area contributed by atoms with Crippen LogP contribution in [0, 0.1) is 5.92 Å². The third-order valence-corrected chi connectivity index (χ3v) is 6.95. The fraction of sp³-hybridized carbons (Fsp3) is 0.750. The van der Waals surface area contributed by atoms with E-state index < -0.39 is 36.1 Å². The Morgan fingerprint density at radius 1 is 1.16 bits per heavy atom. The molecule has 3 atom stereocenters. The molecular formula is C16H25NO6S2. The minimum Gasteiger partial charge on any atom is -0.481 e. The van der Waals surface area contributed by atoms with Gasteiger partial charge in [0.25, 0.3) is 0 Å². The lowest BCUT2D eigenvalue weighted by Gasteiger charge is -2.17. The smallest absolute Gasteiger partial charge is 0.306 e. The molecule has 0 unspecified atom stereocenters. The van der Waals surface area contributed by atoms with Crippen molar-refractivity contribution in [1.29, 1.82) is 0 Å². The zero-order chi connectivity index (χ0) is 18.8. The highest BCUT2D eigenvalue weighted by Gasteiger charge is 2.26. The van der Waals surface area contributed by atoms with Crippen LogP contribution in [-0.4, -0.2) is 50.9 Å². The van der Waals surface area contributed by atoms with Crippen molar-refractivity contribution in [2.75, 3.05) is 5.75 Å². The Hall–Kier alpha value is -1.22. The van der Waals surface area contributed by atoms with Gasteiger partial charge in [0.1, 0.15) is 0 Å². The van der Waals surface area contributed by atoms with Crippen molar-refractivity contribution in [3.63, 3.8) is 0 Å². The molecule has 9 heteroatoms. The van der Waals surface area contributed by atoms with Gasteiger partial charge in [-0.3, -0.25) is 19.2 Å². The summed E-state index contributed by atoms with van der Waals surface area (Å²) in [6.07, 6.45) is 3.25. The lowest BCUT2D eigenvalue weighted by atomic mass is 9.98. The maximum atomic E-state index is 12.1. The van der Waals surface area contributed by atoms with E-state index in [9.17, 15) is 19.2 Å². The highest BCUT2D eigenvalue weighted by atomic mass is 33.1. The first-order valence-electron chi connectivity index (χ1n) is 8.34. The average molecular weight is 392 g/mol. The number of carboxylic acid groups (broad SMARTS) is 2. The number of ketones is 1. The second-order valence-corrected chi connectivity index (χ2v) is 8.99. The molecular weight excluding hydrogens is 366 g/mol. The SMILES string of the molecule is C[C@H](CC(=O)[C@H](CC(=O)O)NC(=O)CCCC[C@@H]1CCSS1)C(=O)O. The molecule has 142 valence electrons. The molecule has 1 aliphatic heterocycles. The number of carbonyl (C=O) groups is 4. The molecule has 1 amide bonds. The van der Waals surface area contributed by atoms with E-state index in [0.717, 1.165) is 12.8 Å². The Morgan fingerprint density at radius 2 is 1.88 bits per heavy atom. The third-order valence-electron chi connectivity index (χ3n) is 3.94. The molecule has 0 aliphatic carbocycles. The van der Waals surface area contributed by atoms with Gasteiger partial charge in [0.2, 0.25) is 5.91 Å². The van der Waals surface area contributed by atoms with E-state index in [-0.39, 0.29) is 18.7 Å². The molecule has 0 aromatic carbocycles. The van der Waals surface area contributed by atoms with Gasteiger partial charge in [0.15, 0.2) is 5.78 Å². The summed E-state index contributed by atoms with van der Waals surface area (Å²) in [5, 5.41) is 20.8. The molecule has 0 saturated carbocycles. The minimum atomic E-state index is -1.21. The van der Waals surface area contributed by atoms with Crippen molar-refractivity contribution in [2.45, 2.75) is 63.2 Å². The molecule has 25 heavy (non-hydrogen) atoms. The summed E-state index contributed by atoms with van der Waals surface area (Å²) in [4.78, 5) is 45.8. The number of carbonyl (C=O) groups excluding carboxylic acids is 2. The zero-order valence-corrected chi connectivity index (χ0v) is 15.9. The summed E-state index contributed by atoms with van der Waals surface area (Å²) < 4.78 is 0. The lowest BCUT2D eigenvalue weighted by Crippen LogP contribution is -2.43. The lowest BCUT2D eigenvalue weighted by molar-refractivity contribution is -0.143. The highest BCUT2D eigenvalue weighted by Crippen LogP contribution is 2.39. The van der Waals surface area contributed by atoms with Gasteiger partial charge in [-0.1, -0.05) is 34.9 Å². The number of carboxylic acids is 2. The van der Waals surface area contributed by atoms with E-state index in [2.05, 4.69) is 5.32 Å². The molecule has 0 spiro atoms. The predicted molar refractivity (Wildman–Crippen MR) is 97.5 cm³/mol. The molecule has 1 heterocycles. The fourth-order valence-electron chi connectivity index (χ4n) is 2.44. The topological polar surface area (TPSA) is 121 Å². The van der Waals surface area contributed by atoms with E-state index in [1.165, 1.54) is 19.1 Å². The summed E-state index contributed by atoms with van der Waals surface area (Å²) in [6, 6.07) is -1.17. The number of hydrogen-bond donors (Lipinski definition) is 3. The van der Waals surface area contributed by atoms with Crippen molar-refractivity contribution >= 4 is 45.2 Å². The number of unbranched alkanes of at least 4 members (excludes halogenated alkanes) is 1. The summed E-state index contributed by atoms with van der Waals surface area (Å²) in [7, 11) is 3.76. The van der Waals surface area contributed by atoms with Crippen LogP contribution >= 0.6 is 21.6 Å². The van der Waals surface area contributed by atoms with E-state index >= 15 is 0 Å². The quantitative estimate of drug-likeness (QED) is 0.342. The molecule has 0 aromatic rings. The summed E-state index contributed by atoms with van der Waals surface area (Å²) in [6.45, 7) is 1.37. The molecule has 3 N–H and O–H groups in total. The van der Waals surface area contributed by atoms with E-state index in [0.29, 0.717) is 11.7 Å². The predicted octanol–water partition coefficient (Wildman–Crippen LogP) is 2.34. The number of amides is 1. The number of rotatable bonds is 12. The van der Waals surface area contributed by atoms with Crippen LogP contribution in [0.2, 0.25) is 0 Å². The van der Waals surface area contributed by atoms with Gasteiger partial charge in [-0.2, -0.15) is 0 Å². The number of nitrogens with one attached hydrogen (secondary N) is 1. The van der Waals surface area contributed by atoms with Crippen LogP contribution < -0.4 is 5.32 Å². The number of aliphatic carboxylic acids is 2. The first-order chi connectivity index (χ1) is 11.8. The van der Waals surface area contributed by atoms with Crippen LogP contribution in [0.15, 0.2) is 0 Å². The van der Waals surface area contributed by atoms with Gasteiger partial charge in [-0.25, -0.2) is 0 Å². The Morgan fingerprint density at radius 3 is 2.44 bits per heavy atom. The van der Waals surface area contributed by atoms with Crippen molar-refractivity contribution in [3.8, 4) is 0 Å². The van der Waals surface area contributed by atoms with Crippen LogP contribution in [0.25, 0.3) is 0 Å². The molecule has 7 nitrogen and oxygen atoms in total. The number of Topliss-reactive ketones (excluding diaryl/α,β-unsaturated/α-hetero) is 1. The van der Waals surface area contributed by atoms with Gasteiger partial charge in [-0.05, 0) is 19.3 Å². The highest BCUT2D eigenvalue weighted by molar-refractivity contribution is 8.77. The Labute approximate surface area is 155 Å². The molecule has 1 rings (SSSR count). The summed E-state index contributed by atoms with van der Waals surface area (Å²) in [5.74, 6) is -3.01. The largest absolute Gasteiger partial charge is 0.481 e. The maximum Gasteiger partial charge on any atom is 0.306 e. The Bertz CT molecular complexity index is 493. The fourth-order valence-corrected chi connectivity index (χ4v) is 5.47. The molecule has 1 aliphatic rings. The normalized spacial score (nSPS) is 19.2. The molecule has 0 bridgehead atoms. The standard InChI is InChI=1S/C16H25NO6S2/c1-10(16(22)23)8-13(18)12(9-15(20)21)17-14(19)5-3-2-4-11-6-7-24-25-11/h10-12H,2-9H2,1H3,(H,17,19)(H,20,21)(H,22,23)/t10-,11-,12+/m1/s1. The molecule has 0 aromatic heterocycles. The monoisotopic (exact) mass is 391 g/mol. The second kappa shape index (κ2) is 11.4. The molecule has 1 saturated heterocycles. The first-order valence-corrected chi connectivity index (χ1v) is 10.7. The Balaban J connectivity index is 2.38. The van der Waals surface area contributed by atoms with Crippen LogP contribution in [0.1, 0.15) is 51.9 Å². The summed E-state index contributed by atoms with van der Waals surface area (Å²) in [5.41, 5.74) is 0. The van der Waals surface area contributed by atoms with Crippen LogP contribution in [0.4, 0.5) is 0 Å². The van der Waals surface area contributed by atoms with Crippen molar-refractivity contribution in [3.05, 3.63) is 0 Å². The molecule has 1 fully saturated rings. The maximum absolute atomic E-state index is 12.1. The zero-order valence-electron chi connectivity index (χ0n) is 14.2. The number of hydrogen-bond acceptors (Lipinski definition) is 6. The van der Waals surface area contributed by atoms with Crippen molar-refractivity contribution in [1.82, 2.24) is 5.32 Å². The van der Waals surface area contributed by atoms with E-state index in [1.807, 2.05) is 21.6 Å². The van der Waals surface area contributed by atoms with E-state index in [4.69, 9.17) is 10.2 Å². The van der Waals surface area contributed by atoms with Gasteiger partial charge >= 0.3 is 11.9 Å². The van der Waals surface area contributed by atoms with E-state index in [1.54, 1.807) is 0 Å². The summed E-state index contributed by atoms with van der Waals surface area (Å²) >= 11 is 0. The van der Waals surface area contributed by atoms with Gasteiger partial charge in [0, 0.05) is 23.8 Å². The van der Waals surface area contributed by atoms with Crippen molar-refractivity contribution in [2.24, 2.45) is 5.92 Å². The average Bonchev–Trinajstić information content (AvgIpc) is 3.03. The van der Waals surface area contributed by atoms with Gasteiger partial charge < -0.3 is 15.5 Å². The first kappa shape index (κ1) is 21.8.